The topological polar surface area (TPSA) is 26.3 Å². The third kappa shape index (κ3) is 13.3. The highest BCUT2D eigenvalue weighted by Gasteiger charge is 2.01. The van der Waals surface area contributed by atoms with Crippen molar-refractivity contribution in [2.45, 2.75) is 71.1 Å². The van der Waals surface area contributed by atoms with Crippen LogP contribution < -0.4 is 0 Å². The highest BCUT2D eigenvalue weighted by atomic mass is 19.1. The molecule has 0 unspecified atom stereocenters. The Bertz CT molecular complexity index is 172. The van der Waals surface area contributed by atoms with Crippen molar-refractivity contribution in [2.75, 3.05) is 13.3 Å². The minimum atomic E-state index is -0.580. The van der Waals surface area contributed by atoms with Gasteiger partial charge in [0, 0.05) is 6.42 Å². The lowest BCUT2D eigenvalue weighted by Crippen LogP contribution is -2.06. The summed E-state index contributed by atoms with van der Waals surface area (Å²) in [5, 5.41) is 0. The molecule has 0 atom stereocenters. The zero-order chi connectivity index (χ0) is 12.8. The lowest BCUT2D eigenvalue weighted by atomic mass is 10.1. The van der Waals surface area contributed by atoms with E-state index in [4.69, 9.17) is 0 Å². The van der Waals surface area contributed by atoms with Gasteiger partial charge in [-0.05, 0) is 6.42 Å². The zero-order valence-corrected chi connectivity index (χ0v) is 11.2. The summed E-state index contributed by atoms with van der Waals surface area (Å²) in [5.41, 5.74) is 0. The maximum atomic E-state index is 11.7. The number of hydrogen-bond acceptors (Lipinski definition) is 2. The van der Waals surface area contributed by atoms with Crippen LogP contribution in [-0.4, -0.2) is 19.3 Å². The molecule has 0 radical (unpaired) electrons. The summed E-state index contributed by atoms with van der Waals surface area (Å²) >= 11 is 0. The van der Waals surface area contributed by atoms with Crippen LogP contribution >= 0.6 is 0 Å². The number of halogens is 1. The van der Waals surface area contributed by atoms with Gasteiger partial charge in [0.1, 0.15) is 13.3 Å². The van der Waals surface area contributed by atoms with Crippen LogP contribution in [0.15, 0.2) is 0 Å². The van der Waals surface area contributed by atoms with Gasteiger partial charge in [-0.15, -0.1) is 0 Å². The molecule has 2 nitrogen and oxygen atoms in total. The van der Waals surface area contributed by atoms with Crippen molar-refractivity contribution in [3.05, 3.63) is 0 Å². The molecule has 0 amide bonds. The summed E-state index contributed by atoms with van der Waals surface area (Å²) in [4.78, 5) is 11.0. The van der Waals surface area contributed by atoms with Crippen LogP contribution in [0.4, 0.5) is 4.39 Å². The van der Waals surface area contributed by atoms with E-state index in [2.05, 4.69) is 11.7 Å². The molecule has 0 aliphatic rings. The van der Waals surface area contributed by atoms with Gasteiger partial charge >= 0.3 is 5.97 Å². The maximum absolute atomic E-state index is 11.7. The van der Waals surface area contributed by atoms with Gasteiger partial charge in [0.05, 0.1) is 0 Å². The Morgan fingerprint density at radius 1 is 0.941 bits per heavy atom. The lowest BCUT2D eigenvalue weighted by Gasteiger charge is -2.03. The Balaban J connectivity index is 3.05. The first kappa shape index (κ1) is 16.4. The van der Waals surface area contributed by atoms with Gasteiger partial charge < -0.3 is 4.74 Å². The minimum Gasteiger partial charge on any atom is -0.463 e. The van der Waals surface area contributed by atoms with Gasteiger partial charge in [0.15, 0.2) is 0 Å². The van der Waals surface area contributed by atoms with Gasteiger partial charge in [-0.3, -0.25) is 4.79 Å². The van der Waals surface area contributed by atoms with E-state index in [9.17, 15) is 9.18 Å². The SMILES string of the molecule is CCCCCCCCCCCC(=O)OCCF. The number of unbranched alkanes of at least 4 members (excludes halogenated alkanes) is 8. The molecule has 0 bridgehead atoms. The van der Waals surface area contributed by atoms with E-state index in [0.717, 1.165) is 12.8 Å². The monoisotopic (exact) mass is 246 g/mol. The van der Waals surface area contributed by atoms with Gasteiger partial charge in [0.25, 0.3) is 0 Å². The second kappa shape index (κ2) is 13.5. The Kier molecular flexibility index (Phi) is 13.0. The fourth-order valence-electron chi connectivity index (χ4n) is 1.80. The first-order chi connectivity index (χ1) is 8.31. The number of hydrogen-bond donors (Lipinski definition) is 0. The first-order valence-corrected chi connectivity index (χ1v) is 7.02. The molecule has 0 heterocycles. The molecule has 0 aromatic carbocycles. The van der Waals surface area contributed by atoms with Crippen molar-refractivity contribution >= 4 is 5.97 Å². The molecule has 102 valence electrons. The standard InChI is InChI=1S/C14H27FO2/c1-2-3-4-5-6-7-8-9-10-11-14(16)17-13-12-15/h2-13H2,1H3. The fraction of sp³-hybridized carbons (Fsp3) is 0.929. The molecule has 0 spiro atoms. The highest BCUT2D eigenvalue weighted by Crippen LogP contribution is 2.10. The van der Waals surface area contributed by atoms with Crippen molar-refractivity contribution in [2.24, 2.45) is 0 Å². The molecular formula is C14H27FO2. The van der Waals surface area contributed by atoms with E-state index in [1.165, 1.54) is 44.9 Å². The van der Waals surface area contributed by atoms with Crippen LogP contribution in [0.3, 0.4) is 0 Å². The normalized spacial score (nSPS) is 10.5. The smallest absolute Gasteiger partial charge is 0.305 e. The average molecular weight is 246 g/mol. The molecule has 0 aliphatic carbocycles. The van der Waals surface area contributed by atoms with Crippen LogP contribution in [0.5, 0.6) is 0 Å². The van der Waals surface area contributed by atoms with Crippen molar-refractivity contribution in [3.8, 4) is 0 Å². The molecule has 0 rings (SSSR count). The predicted octanol–water partition coefficient (Wildman–Crippen LogP) is 4.42. The molecule has 3 heteroatoms. The van der Waals surface area contributed by atoms with Gasteiger partial charge in [-0.2, -0.15) is 0 Å². The van der Waals surface area contributed by atoms with Crippen LogP contribution in [0.2, 0.25) is 0 Å². The first-order valence-electron chi connectivity index (χ1n) is 7.02. The molecule has 0 fully saturated rings. The van der Waals surface area contributed by atoms with E-state index in [1.807, 2.05) is 0 Å². The number of carbonyl (C=O) groups is 1. The molecule has 0 aromatic heterocycles. The second-order valence-electron chi connectivity index (χ2n) is 4.49. The average Bonchev–Trinajstić information content (AvgIpc) is 2.34. The number of esters is 1. The molecule has 0 aliphatic heterocycles. The summed E-state index contributed by atoms with van der Waals surface area (Å²) in [5.74, 6) is -0.259. The van der Waals surface area contributed by atoms with Crippen LogP contribution in [0, 0.1) is 0 Å². The molecule has 0 saturated carbocycles. The third-order valence-electron chi connectivity index (χ3n) is 2.82. The molecule has 0 saturated heterocycles. The van der Waals surface area contributed by atoms with Gasteiger partial charge in [0.2, 0.25) is 0 Å². The molecule has 0 aromatic rings. The van der Waals surface area contributed by atoms with Gasteiger partial charge in [-0.25, -0.2) is 4.39 Å². The van der Waals surface area contributed by atoms with Crippen molar-refractivity contribution in [3.63, 3.8) is 0 Å². The Morgan fingerprint density at radius 3 is 2.00 bits per heavy atom. The van der Waals surface area contributed by atoms with E-state index in [1.54, 1.807) is 0 Å². The number of ether oxygens (including phenoxy) is 1. The van der Waals surface area contributed by atoms with Gasteiger partial charge in [-0.1, -0.05) is 58.3 Å². The van der Waals surface area contributed by atoms with Crippen LogP contribution in [0.1, 0.15) is 71.1 Å². The summed E-state index contributed by atoms with van der Waals surface area (Å²) in [6, 6.07) is 0. The molecule has 17 heavy (non-hydrogen) atoms. The Morgan fingerprint density at radius 2 is 1.47 bits per heavy atom. The highest BCUT2D eigenvalue weighted by molar-refractivity contribution is 5.69. The van der Waals surface area contributed by atoms with Crippen molar-refractivity contribution < 1.29 is 13.9 Å². The zero-order valence-electron chi connectivity index (χ0n) is 11.2. The summed E-state index contributed by atoms with van der Waals surface area (Å²) < 4.78 is 16.3. The van der Waals surface area contributed by atoms with Crippen molar-refractivity contribution in [1.29, 1.82) is 0 Å². The third-order valence-corrected chi connectivity index (χ3v) is 2.82. The molecular weight excluding hydrogens is 219 g/mol. The Labute approximate surface area is 105 Å². The lowest BCUT2D eigenvalue weighted by molar-refractivity contribution is -0.144. The van der Waals surface area contributed by atoms with Crippen LogP contribution in [-0.2, 0) is 9.53 Å². The van der Waals surface area contributed by atoms with Crippen LogP contribution in [0.25, 0.3) is 0 Å². The van der Waals surface area contributed by atoms with Crippen molar-refractivity contribution in [1.82, 2.24) is 0 Å². The number of alkyl halides is 1. The summed E-state index contributed by atoms with van der Waals surface area (Å²) in [6.45, 7) is 1.56. The number of carbonyl (C=O) groups excluding carboxylic acids is 1. The van der Waals surface area contributed by atoms with E-state index < -0.39 is 6.67 Å². The second-order valence-corrected chi connectivity index (χ2v) is 4.49. The van der Waals surface area contributed by atoms with E-state index in [0.29, 0.717) is 6.42 Å². The maximum Gasteiger partial charge on any atom is 0.305 e. The van der Waals surface area contributed by atoms with E-state index >= 15 is 0 Å². The molecule has 0 N–H and O–H groups in total. The largest absolute Gasteiger partial charge is 0.463 e. The predicted molar refractivity (Wildman–Crippen MR) is 68.8 cm³/mol. The summed E-state index contributed by atoms with van der Waals surface area (Å²) in [7, 11) is 0. The van der Waals surface area contributed by atoms with E-state index in [-0.39, 0.29) is 12.6 Å². The summed E-state index contributed by atoms with van der Waals surface area (Å²) in [6.07, 6.45) is 11.5. The Hall–Kier alpha value is -0.600. The quantitative estimate of drug-likeness (QED) is 0.376. The fourth-order valence-corrected chi connectivity index (χ4v) is 1.80. The number of rotatable bonds is 12. The minimum absolute atomic E-state index is 0.0870.